The van der Waals surface area contributed by atoms with Crippen LogP contribution in [0.5, 0.6) is 0 Å². The molecule has 2 rings (SSSR count). The Bertz CT molecular complexity index is 717. The molecule has 0 radical (unpaired) electrons. The highest BCUT2D eigenvalue weighted by atomic mass is 19.4. The first-order chi connectivity index (χ1) is 12.1. The van der Waals surface area contributed by atoms with Gasteiger partial charge in [-0.25, -0.2) is 4.79 Å². The molecular formula is C16H19F3N4O3. The number of alkyl halides is 3. The van der Waals surface area contributed by atoms with Gasteiger partial charge in [0.1, 0.15) is 12.1 Å². The fourth-order valence-electron chi connectivity index (χ4n) is 2.71. The molecule has 0 bridgehead atoms. The topological polar surface area (TPSA) is 90.5 Å². The third kappa shape index (κ3) is 3.73. The summed E-state index contributed by atoms with van der Waals surface area (Å²) in [5.74, 6) is -1.35. The maximum Gasteiger partial charge on any atom is 0.418 e. The van der Waals surface area contributed by atoms with E-state index < -0.39 is 41.7 Å². The Kier molecular flexibility index (Phi) is 5.43. The highest BCUT2D eigenvalue weighted by Crippen LogP contribution is 2.34. The predicted octanol–water partition coefficient (Wildman–Crippen LogP) is 2.26. The second-order valence-electron chi connectivity index (χ2n) is 5.83. The van der Waals surface area contributed by atoms with Crippen molar-refractivity contribution >= 4 is 23.5 Å². The van der Waals surface area contributed by atoms with Crippen molar-refractivity contribution in [1.82, 2.24) is 15.6 Å². The largest absolute Gasteiger partial charge is 0.418 e. The van der Waals surface area contributed by atoms with E-state index in [0.717, 1.165) is 17.0 Å². The molecule has 1 aliphatic rings. The second kappa shape index (κ2) is 7.22. The zero-order valence-corrected chi connectivity index (χ0v) is 14.2. The van der Waals surface area contributed by atoms with Gasteiger partial charge in [0.2, 0.25) is 0 Å². The maximum absolute atomic E-state index is 12.9. The minimum absolute atomic E-state index is 0.345. The lowest BCUT2D eigenvalue weighted by Crippen LogP contribution is -2.47. The summed E-state index contributed by atoms with van der Waals surface area (Å²) >= 11 is 0. The van der Waals surface area contributed by atoms with E-state index >= 15 is 0 Å². The molecule has 3 N–H and O–H groups in total. The first-order valence-electron chi connectivity index (χ1n) is 7.99. The number of imide groups is 1. The molecule has 0 aromatic heterocycles. The van der Waals surface area contributed by atoms with Gasteiger partial charge in [-0.2, -0.15) is 13.2 Å². The van der Waals surface area contributed by atoms with E-state index in [2.05, 4.69) is 16.2 Å². The van der Waals surface area contributed by atoms with Gasteiger partial charge in [0.05, 0.1) is 11.3 Å². The first kappa shape index (κ1) is 19.5. The molecule has 1 saturated heterocycles. The van der Waals surface area contributed by atoms with Crippen molar-refractivity contribution in [3.8, 4) is 0 Å². The molecule has 10 heteroatoms. The van der Waals surface area contributed by atoms with E-state index in [1.165, 1.54) is 12.1 Å². The number of benzene rings is 1. The van der Waals surface area contributed by atoms with Crippen LogP contribution in [0.4, 0.5) is 23.7 Å². The van der Waals surface area contributed by atoms with E-state index in [9.17, 15) is 27.6 Å². The third-order valence-corrected chi connectivity index (χ3v) is 4.32. The molecular weight excluding hydrogens is 353 g/mol. The van der Waals surface area contributed by atoms with Crippen molar-refractivity contribution in [2.24, 2.45) is 0 Å². The highest BCUT2D eigenvalue weighted by Gasteiger charge is 2.49. The summed E-state index contributed by atoms with van der Waals surface area (Å²) in [6, 6.07) is 3.90. The summed E-state index contributed by atoms with van der Waals surface area (Å²) in [6.45, 7) is 2.87. The van der Waals surface area contributed by atoms with Crippen molar-refractivity contribution in [3.05, 3.63) is 29.8 Å². The Morgan fingerprint density at radius 1 is 1.19 bits per heavy atom. The van der Waals surface area contributed by atoms with Crippen LogP contribution in [0.2, 0.25) is 0 Å². The summed E-state index contributed by atoms with van der Waals surface area (Å²) < 4.78 is 38.7. The molecule has 0 spiro atoms. The number of hydrogen-bond donors (Lipinski definition) is 3. The van der Waals surface area contributed by atoms with E-state index in [4.69, 9.17) is 0 Å². The highest BCUT2D eigenvalue weighted by molar-refractivity contribution is 6.09. The van der Waals surface area contributed by atoms with Crippen LogP contribution in [0.15, 0.2) is 24.3 Å². The number of halogens is 3. The van der Waals surface area contributed by atoms with Crippen LogP contribution >= 0.6 is 0 Å². The van der Waals surface area contributed by atoms with Gasteiger partial charge in [0.15, 0.2) is 0 Å². The molecule has 1 heterocycles. The molecule has 142 valence electrons. The van der Waals surface area contributed by atoms with Gasteiger partial charge >= 0.3 is 12.2 Å². The summed E-state index contributed by atoms with van der Waals surface area (Å²) in [5.41, 5.74) is 1.92. The van der Waals surface area contributed by atoms with Crippen LogP contribution in [0.1, 0.15) is 32.3 Å². The number of hydrogen-bond acceptors (Lipinski definition) is 4. The van der Waals surface area contributed by atoms with Crippen molar-refractivity contribution in [2.75, 3.05) is 12.0 Å². The van der Waals surface area contributed by atoms with Crippen LogP contribution < -0.4 is 16.2 Å². The fraction of sp³-hybridized carbons (Fsp3) is 0.438. The van der Waals surface area contributed by atoms with E-state index in [0.29, 0.717) is 12.8 Å². The number of anilines is 1. The molecule has 0 aliphatic carbocycles. The average molecular weight is 372 g/mol. The molecule has 0 atom stereocenters. The van der Waals surface area contributed by atoms with Gasteiger partial charge in [-0.15, -0.1) is 0 Å². The number of urea groups is 1. The summed E-state index contributed by atoms with van der Waals surface area (Å²) in [7, 11) is 0. The standard InChI is InChI=1S/C16H19F3N4O3/c1-3-15(4-2)13(25)23(14(26)20-15)9-12(24)22-21-11-8-6-5-7-10(11)16(17,18)19/h5-8,21H,3-4,9H2,1-2H3,(H,20,26)(H,22,24). The van der Waals surface area contributed by atoms with E-state index in [1.807, 2.05) is 0 Å². The van der Waals surface area contributed by atoms with E-state index in [1.54, 1.807) is 13.8 Å². The number of para-hydroxylation sites is 1. The molecule has 4 amide bonds. The van der Waals surface area contributed by atoms with Gasteiger partial charge < -0.3 is 5.32 Å². The number of carbonyl (C=O) groups is 3. The lowest BCUT2D eigenvalue weighted by Gasteiger charge is -2.23. The molecule has 26 heavy (non-hydrogen) atoms. The molecule has 7 nitrogen and oxygen atoms in total. The normalized spacial score (nSPS) is 16.4. The molecule has 1 fully saturated rings. The zero-order valence-electron chi connectivity index (χ0n) is 14.2. The minimum atomic E-state index is -4.60. The molecule has 1 aliphatic heterocycles. The monoisotopic (exact) mass is 372 g/mol. The Balaban J connectivity index is 2.03. The van der Waals surface area contributed by atoms with Crippen molar-refractivity contribution in [1.29, 1.82) is 0 Å². The van der Waals surface area contributed by atoms with Gasteiger partial charge in [0.25, 0.3) is 11.8 Å². The van der Waals surface area contributed by atoms with Crippen molar-refractivity contribution in [3.63, 3.8) is 0 Å². The van der Waals surface area contributed by atoms with Crippen LogP contribution in [-0.4, -0.2) is 34.8 Å². The van der Waals surface area contributed by atoms with Crippen LogP contribution in [0.3, 0.4) is 0 Å². The zero-order chi connectivity index (χ0) is 19.5. The number of rotatable bonds is 6. The van der Waals surface area contributed by atoms with Crippen molar-refractivity contribution in [2.45, 2.75) is 38.4 Å². The Morgan fingerprint density at radius 2 is 1.81 bits per heavy atom. The third-order valence-electron chi connectivity index (χ3n) is 4.32. The molecule has 0 saturated carbocycles. The quantitative estimate of drug-likeness (QED) is 0.528. The maximum atomic E-state index is 12.9. The van der Waals surface area contributed by atoms with Crippen LogP contribution in [0, 0.1) is 0 Å². The second-order valence-corrected chi connectivity index (χ2v) is 5.83. The lowest BCUT2D eigenvalue weighted by molar-refractivity contribution is -0.137. The number of nitrogens with one attached hydrogen (secondary N) is 3. The van der Waals surface area contributed by atoms with Gasteiger partial charge in [0, 0.05) is 0 Å². The first-order valence-corrected chi connectivity index (χ1v) is 7.99. The van der Waals surface area contributed by atoms with Gasteiger partial charge in [-0.1, -0.05) is 26.0 Å². The number of amides is 4. The Hall–Kier alpha value is -2.78. The predicted molar refractivity (Wildman–Crippen MR) is 86.8 cm³/mol. The number of nitrogens with zero attached hydrogens (tertiary/aromatic N) is 1. The summed E-state index contributed by atoms with van der Waals surface area (Å²) in [6.07, 6.45) is -3.87. The average Bonchev–Trinajstić information content (AvgIpc) is 2.84. The van der Waals surface area contributed by atoms with Crippen molar-refractivity contribution < 1.29 is 27.6 Å². The fourth-order valence-corrected chi connectivity index (χ4v) is 2.71. The Morgan fingerprint density at radius 3 is 2.35 bits per heavy atom. The smallest absolute Gasteiger partial charge is 0.323 e. The summed E-state index contributed by atoms with van der Waals surface area (Å²) in [5, 5.41) is 2.56. The molecule has 1 aromatic rings. The van der Waals surface area contributed by atoms with Gasteiger partial charge in [-0.3, -0.25) is 25.3 Å². The Labute approximate surface area is 147 Å². The lowest BCUT2D eigenvalue weighted by atomic mass is 9.93. The van der Waals surface area contributed by atoms with Crippen LogP contribution in [-0.2, 0) is 15.8 Å². The van der Waals surface area contributed by atoms with Crippen LogP contribution in [0.25, 0.3) is 0 Å². The van der Waals surface area contributed by atoms with E-state index in [-0.39, 0.29) is 5.69 Å². The molecule has 0 unspecified atom stereocenters. The SMILES string of the molecule is CCC1(CC)NC(=O)N(CC(=O)NNc2ccccc2C(F)(F)F)C1=O. The summed E-state index contributed by atoms with van der Waals surface area (Å²) in [4.78, 5) is 37.1. The minimum Gasteiger partial charge on any atom is -0.323 e. The van der Waals surface area contributed by atoms with Gasteiger partial charge in [-0.05, 0) is 25.0 Å². The molecule has 1 aromatic carbocycles. The number of hydrazine groups is 1. The number of carbonyl (C=O) groups excluding carboxylic acids is 3.